The van der Waals surface area contributed by atoms with Crippen molar-refractivity contribution in [1.29, 1.82) is 0 Å². The number of rotatable bonds is 3. The maximum absolute atomic E-state index is 11.4. The molecule has 3 heteroatoms. The van der Waals surface area contributed by atoms with Crippen molar-refractivity contribution in [2.24, 2.45) is 5.41 Å². The Hall–Kier alpha value is -1.25. The summed E-state index contributed by atoms with van der Waals surface area (Å²) in [5, 5.41) is 0. The van der Waals surface area contributed by atoms with Gasteiger partial charge in [-0.3, -0.25) is 4.79 Å². The molecule has 1 aliphatic carbocycles. The molecule has 1 heterocycles. The number of methoxy groups -OCH3 is 1. The number of H-pyrrole nitrogens is 1. The lowest BCUT2D eigenvalue weighted by Gasteiger charge is -2.10. The van der Waals surface area contributed by atoms with E-state index in [0.717, 1.165) is 25.0 Å². The Bertz CT molecular complexity index is 299. The van der Waals surface area contributed by atoms with Crippen molar-refractivity contribution >= 4 is 5.97 Å². The summed E-state index contributed by atoms with van der Waals surface area (Å²) in [6.07, 6.45) is 4.58. The molecule has 2 rings (SSSR count). The molecule has 1 aromatic heterocycles. The van der Waals surface area contributed by atoms with Crippen LogP contribution in [0.25, 0.3) is 0 Å². The Labute approximate surface area is 77.1 Å². The molecule has 13 heavy (non-hydrogen) atoms. The maximum atomic E-state index is 11.4. The maximum Gasteiger partial charge on any atom is 0.312 e. The third-order valence-electron chi connectivity index (χ3n) is 2.66. The van der Waals surface area contributed by atoms with Crippen LogP contribution in [-0.2, 0) is 16.0 Å². The molecule has 1 fully saturated rings. The summed E-state index contributed by atoms with van der Waals surface area (Å²) in [6.45, 7) is 0. The first-order valence-electron chi connectivity index (χ1n) is 4.47. The fourth-order valence-electron chi connectivity index (χ4n) is 1.66. The van der Waals surface area contributed by atoms with E-state index in [2.05, 4.69) is 4.98 Å². The first-order chi connectivity index (χ1) is 6.27. The monoisotopic (exact) mass is 179 g/mol. The number of carbonyl (C=O) groups excluding carboxylic acids is 1. The lowest BCUT2D eigenvalue weighted by atomic mass is 10.0. The van der Waals surface area contributed by atoms with Gasteiger partial charge in [0.15, 0.2) is 0 Å². The lowest BCUT2D eigenvalue weighted by Crippen LogP contribution is -2.20. The Morgan fingerprint density at radius 1 is 1.69 bits per heavy atom. The summed E-state index contributed by atoms with van der Waals surface area (Å²) < 4.78 is 4.77. The number of ether oxygens (including phenoxy) is 1. The predicted molar refractivity (Wildman–Crippen MR) is 48.2 cm³/mol. The molecule has 1 saturated carbocycles. The Balaban J connectivity index is 2.06. The summed E-state index contributed by atoms with van der Waals surface area (Å²) in [7, 11) is 1.46. The van der Waals surface area contributed by atoms with Crippen LogP contribution in [-0.4, -0.2) is 18.1 Å². The van der Waals surface area contributed by atoms with Crippen LogP contribution in [0.5, 0.6) is 0 Å². The molecule has 1 N–H and O–H groups in total. The summed E-state index contributed by atoms with van der Waals surface area (Å²) in [5.41, 5.74) is 0.905. The van der Waals surface area contributed by atoms with Crippen molar-refractivity contribution in [3.05, 3.63) is 24.0 Å². The molecular formula is C10H13NO2. The van der Waals surface area contributed by atoms with Gasteiger partial charge in [-0.1, -0.05) is 0 Å². The van der Waals surface area contributed by atoms with E-state index in [1.54, 1.807) is 0 Å². The molecule has 0 aromatic carbocycles. The van der Waals surface area contributed by atoms with Gasteiger partial charge in [0.25, 0.3) is 0 Å². The highest BCUT2D eigenvalue weighted by Gasteiger charge is 2.50. The molecule has 1 aromatic rings. The van der Waals surface area contributed by atoms with Crippen molar-refractivity contribution in [3.8, 4) is 0 Å². The molecular weight excluding hydrogens is 166 g/mol. The van der Waals surface area contributed by atoms with Gasteiger partial charge < -0.3 is 9.72 Å². The van der Waals surface area contributed by atoms with E-state index >= 15 is 0 Å². The number of esters is 1. The van der Waals surface area contributed by atoms with Crippen LogP contribution in [0, 0.1) is 5.41 Å². The molecule has 0 aliphatic heterocycles. The zero-order valence-corrected chi connectivity index (χ0v) is 7.67. The van der Waals surface area contributed by atoms with Gasteiger partial charge in [-0.25, -0.2) is 0 Å². The fraction of sp³-hybridized carbons (Fsp3) is 0.500. The Morgan fingerprint density at radius 3 is 2.92 bits per heavy atom. The largest absolute Gasteiger partial charge is 0.469 e. The Morgan fingerprint density at radius 2 is 2.46 bits per heavy atom. The molecule has 0 amide bonds. The van der Waals surface area contributed by atoms with Gasteiger partial charge in [0, 0.05) is 18.3 Å². The molecule has 3 nitrogen and oxygen atoms in total. The van der Waals surface area contributed by atoms with Crippen LogP contribution in [0.15, 0.2) is 18.3 Å². The standard InChI is InChI=1S/C10H13NO2/c1-13-9(12)10(4-5-10)7-8-3-2-6-11-8/h2-3,6,11H,4-5,7H2,1H3. The summed E-state index contributed by atoms with van der Waals surface area (Å²) >= 11 is 0. The van der Waals surface area contributed by atoms with Gasteiger partial charge in [-0.15, -0.1) is 0 Å². The molecule has 70 valence electrons. The minimum Gasteiger partial charge on any atom is -0.469 e. The van der Waals surface area contributed by atoms with Gasteiger partial charge in [0.2, 0.25) is 0 Å². The van der Waals surface area contributed by atoms with E-state index in [-0.39, 0.29) is 11.4 Å². The van der Waals surface area contributed by atoms with E-state index in [0.29, 0.717) is 0 Å². The molecule has 0 saturated heterocycles. The highest BCUT2D eigenvalue weighted by molar-refractivity contribution is 5.80. The Kier molecular flexibility index (Phi) is 1.87. The molecule has 0 spiro atoms. The number of hydrogen-bond acceptors (Lipinski definition) is 2. The highest BCUT2D eigenvalue weighted by Crippen LogP contribution is 2.49. The minimum atomic E-state index is -0.209. The number of hydrogen-bond donors (Lipinski definition) is 1. The van der Waals surface area contributed by atoms with Crippen molar-refractivity contribution in [3.63, 3.8) is 0 Å². The lowest BCUT2D eigenvalue weighted by molar-refractivity contribution is -0.147. The number of aromatic nitrogens is 1. The second kappa shape index (κ2) is 2.91. The second-order valence-electron chi connectivity index (χ2n) is 3.64. The van der Waals surface area contributed by atoms with Gasteiger partial charge in [0.05, 0.1) is 12.5 Å². The van der Waals surface area contributed by atoms with E-state index in [9.17, 15) is 4.79 Å². The zero-order valence-electron chi connectivity index (χ0n) is 7.67. The third kappa shape index (κ3) is 1.46. The van der Waals surface area contributed by atoms with E-state index in [4.69, 9.17) is 4.74 Å². The summed E-state index contributed by atoms with van der Waals surface area (Å²) in [6, 6.07) is 3.95. The van der Waals surface area contributed by atoms with Crippen LogP contribution < -0.4 is 0 Å². The SMILES string of the molecule is COC(=O)C1(Cc2ccc[nH]2)CC1. The topological polar surface area (TPSA) is 42.1 Å². The van der Waals surface area contributed by atoms with Gasteiger partial charge in [-0.2, -0.15) is 0 Å². The third-order valence-corrected chi connectivity index (χ3v) is 2.66. The van der Waals surface area contributed by atoms with E-state index in [1.807, 2.05) is 18.3 Å². The predicted octanol–water partition coefficient (Wildman–Crippen LogP) is 1.51. The summed E-state index contributed by atoms with van der Waals surface area (Å²) in [5.74, 6) is -0.0675. The average Bonchev–Trinajstić information content (AvgIpc) is 2.73. The molecule has 0 bridgehead atoms. The molecule has 0 atom stereocenters. The second-order valence-corrected chi connectivity index (χ2v) is 3.64. The highest BCUT2D eigenvalue weighted by atomic mass is 16.5. The van der Waals surface area contributed by atoms with Crippen LogP contribution in [0.3, 0.4) is 0 Å². The van der Waals surface area contributed by atoms with Crippen molar-refractivity contribution in [1.82, 2.24) is 4.98 Å². The molecule has 0 unspecified atom stereocenters. The van der Waals surface area contributed by atoms with Crippen molar-refractivity contribution in [2.45, 2.75) is 19.3 Å². The molecule has 0 radical (unpaired) electrons. The van der Waals surface area contributed by atoms with Gasteiger partial charge in [0.1, 0.15) is 0 Å². The normalized spacial score (nSPS) is 18.2. The fourth-order valence-corrected chi connectivity index (χ4v) is 1.66. The first kappa shape index (κ1) is 8.35. The first-order valence-corrected chi connectivity index (χ1v) is 4.47. The van der Waals surface area contributed by atoms with Crippen molar-refractivity contribution in [2.75, 3.05) is 7.11 Å². The zero-order chi connectivity index (χ0) is 9.31. The van der Waals surface area contributed by atoms with Crippen LogP contribution >= 0.6 is 0 Å². The van der Waals surface area contributed by atoms with Crippen LogP contribution in [0.2, 0.25) is 0 Å². The van der Waals surface area contributed by atoms with Gasteiger partial charge >= 0.3 is 5.97 Å². The quantitative estimate of drug-likeness (QED) is 0.714. The van der Waals surface area contributed by atoms with Crippen LogP contribution in [0.4, 0.5) is 0 Å². The van der Waals surface area contributed by atoms with Gasteiger partial charge in [-0.05, 0) is 25.0 Å². The van der Waals surface area contributed by atoms with E-state index < -0.39 is 0 Å². The number of nitrogens with one attached hydrogen (secondary N) is 1. The van der Waals surface area contributed by atoms with E-state index in [1.165, 1.54) is 7.11 Å². The molecule has 1 aliphatic rings. The number of carbonyl (C=O) groups is 1. The summed E-state index contributed by atoms with van der Waals surface area (Å²) in [4.78, 5) is 14.5. The average molecular weight is 179 g/mol. The number of aromatic amines is 1. The minimum absolute atomic E-state index is 0.0675. The smallest absolute Gasteiger partial charge is 0.312 e. The van der Waals surface area contributed by atoms with Crippen LogP contribution in [0.1, 0.15) is 18.5 Å². The van der Waals surface area contributed by atoms with Crippen molar-refractivity contribution < 1.29 is 9.53 Å².